The zero-order chi connectivity index (χ0) is 17.4. The molecule has 1 aromatic carbocycles. The molecule has 2 amide bonds. The van der Waals surface area contributed by atoms with Crippen LogP contribution in [0.3, 0.4) is 0 Å². The molecular weight excluding hydrogens is 317 g/mol. The number of nitrogens with two attached hydrogens (primary N) is 1. The van der Waals surface area contributed by atoms with Crippen molar-refractivity contribution in [1.29, 1.82) is 0 Å². The number of nitrogens with zero attached hydrogens (tertiary/aromatic N) is 3. The molecule has 8 heteroatoms. The Kier molecular flexibility index (Phi) is 3.80. The number of pyridine rings is 1. The fourth-order valence-corrected chi connectivity index (χ4v) is 3.32. The molecule has 0 spiro atoms. The maximum atomic E-state index is 11.2. The van der Waals surface area contributed by atoms with Crippen molar-refractivity contribution >= 4 is 25.2 Å². The molecule has 3 N–H and O–H groups in total. The summed E-state index contributed by atoms with van der Waals surface area (Å²) < 4.78 is 7.87. The van der Waals surface area contributed by atoms with E-state index in [1.165, 1.54) is 0 Å². The third-order valence-corrected chi connectivity index (χ3v) is 4.43. The van der Waals surface area contributed by atoms with Crippen molar-refractivity contribution in [2.45, 2.75) is 25.0 Å². The topological polar surface area (TPSA) is 94.5 Å². The lowest BCUT2D eigenvalue weighted by Gasteiger charge is -2.32. The second kappa shape index (κ2) is 6.12. The van der Waals surface area contributed by atoms with Crippen LogP contribution in [-0.4, -0.2) is 28.5 Å². The van der Waals surface area contributed by atoms with Crippen LogP contribution in [0.25, 0.3) is 5.65 Å². The van der Waals surface area contributed by atoms with Gasteiger partial charge in [0.15, 0.2) is 13.5 Å². The Hall–Kier alpha value is -3.03. The maximum Gasteiger partial charge on any atom is 0.312 e. The summed E-state index contributed by atoms with van der Waals surface area (Å²) in [6.45, 7) is 0. The van der Waals surface area contributed by atoms with E-state index in [0.717, 1.165) is 24.0 Å². The number of urea groups is 1. The number of benzene rings is 1. The number of aromatic nitrogens is 3. The number of rotatable bonds is 3. The molecule has 0 saturated carbocycles. The van der Waals surface area contributed by atoms with Gasteiger partial charge in [-0.25, -0.2) is 4.79 Å². The van der Waals surface area contributed by atoms with Crippen molar-refractivity contribution in [2.75, 3.05) is 0 Å². The highest BCUT2D eigenvalue weighted by Crippen LogP contribution is 2.38. The molecule has 0 fully saturated rings. The molecule has 7 nitrogen and oxygen atoms in total. The zero-order valence-electron chi connectivity index (χ0n) is 13.4. The first-order valence-corrected chi connectivity index (χ1v) is 8.03. The Morgan fingerprint density at radius 2 is 2.00 bits per heavy atom. The average molecular weight is 333 g/mol. The second-order valence-electron chi connectivity index (χ2n) is 6.03. The van der Waals surface area contributed by atoms with Crippen molar-refractivity contribution in [3.63, 3.8) is 0 Å². The lowest BCUT2D eigenvalue weighted by Crippen LogP contribution is -2.36. The van der Waals surface area contributed by atoms with Crippen LogP contribution in [0, 0.1) is 0 Å². The van der Waals surface area contributed by atoms with Crippen LogP contribution in [0.4, 0.5) is 4.79 Å². The molecule has 2 radical (unpaired) electrons. The van der Waals surface area contributed by atoms with Crippen molar-refractivity contribution in [2.24, 2.45) is 5.73 Å². The highest BCUT2D eigenvalue weighted by atomic mass is 16.5. The Labute approximate surface area is 145 Å². The van der Waals surface area contributed by atoms with Crippen LogP contribution in [0.5, 0.6) is 5.75 Å². The number of primary amides is 1. The quantitative estimate of drug-likeness (QED) is 0.703. The Morgan fingerprint density at radius 3 is 2.80 bits per heavy atom. The smallest absolute Gasteiger partial charge is 0.312 e. The number of nitrogens with one attached hydrogen (secondary N) is 1. The third kappa shape index (κ3) is 2.91. The van der Waals surface area contributed by atoms with Gasteiger partial charge in [0, 0.05) is 0 Å². The summed E-state index contributed by atoms with van der Waals surface area (Å²) >= 11 is 0. The van der Waals surface area contributed by atoms with Crippen molar-refractivity contribution < 1.29 is 9.53 Å². The Morgan fingerprint density at radius 1 is 1.20 bits per heavy atom. The molecule has 0 aliphatic heterocycles. The van der Waals surface area contributed by atoms with E-state index >= 15 is 0 Å². The predicted octanol–water partition coefficient (Wildman–Crippen LogP) is 1.15. The summed E-state index contributed by atoms with van der Waals surface area (Å²) in [7, 11) is 5.80. The Bertz CT molecular complexity index is 942. The van der Waals surface area contributed by atoms with Gasteiger partial charge in [0.2, 0.25) is 0 Å². The summed E-state index contributed by atoms with van der Waals surface area (Å²) in [6, 6.07) is 11.0. The van der Waals surface area contributed by atoms with Crippen LogP contribution < -0.4 is 21.5 Å². The first kappa shape index (κ1) is 15.5. The van der Waals surface area contributed by atoms with Gasteiger partial charge in [-0.1, -0.05) is 24.3 Å². The lowest BCUT2D eigenvalue weighted by molar-refractivity contribution is 0.171. The molecule has 124 valence electrons. The van der Waals surface area contributed by atoms with Crippen LogP contribution >= 0.6 is 0 Å². The number of amides is 2. The maximum absolute atomic E-state index is 11.2. The molecule has 1 aliphatic rings. The predicted molar refractivity (Wildman–Crippen MR) is 92.9 cm³/mol. The van der Waals surface area contributed by atoms with E-state index in [1.54, 1.807) is 10.6 Å². The second-order valence-corrected chi connectivity index (χ2v) is 6.03. The minimum absolute atomic E-state index is 0.0930. The van der Waals surface area contributed by atoms with E-state index in [0.29, 0.717) is 17.1 Å². The minimum Gasteiger partial charge on any atom is -0.484 e. The molecule has 0 saturated heterocycles. The molecule has 3 aromatic rings. The number of hydrogen-bond donors (Lipinski definition) is 2. The van der Waals surface area contributed by atoms with Crippen LogP contribution in [0.2, 0.25) is 0 Å². The average Bonchev–Trinajstić information content (AvgIpc) is 2.97. The van der Waals surface area contributed by atoms with Gasteiger partial charge in [-0.2, -0.15) is 0 Å². The van der Waals surface area contributed by atoms with Gasteiger partial charge in [0.1, 0.15) is 11.9 Å². The van der Waals surface area contributed by atoms with Gasteiger partial charge >= 0.3 is 6.03 Å². The third-order valence-electron chi connectivity index (χ3n) is 4.43. The van der Waals surface area contributed by atoms with Gasteiger partial charge in [0.25, 0.3) is 0 Å². The zero-order valence-corrected chi connectivity index (χ0v) is 13.4. The van der Waals surface area contributed by atoms with Gasteiger partial charge in [0.05, 0.1) is 18.0 Å². The fourth-order valence-electron chi connectivity index (χ4n) is 3.32. The van der Waals surface area contributed by atoms with Gasteiger partial charge < -0.3 is 15.8 Å². The van der Waals surface area contributed by atoms with Gasteiger partial charge in [-0.15, -0.1) is 10.2 Å². The number of fused-ring (bicyclic) bond motifs is 2. The molecule has 25 heavy (non-hydrogen) atoms. The summed E-state index contributed by atoms with van der Waals surface area (Å²) in [5, 5.41) is 10.6. The SMILES string of the molecule is [B]c1nnc2ccc(O[C@@H]3CC[C@H](NC(N)=O)c4ccccc43)cn12. The highest BCUT2D eigenvalue weighted by Gasteiger charge is 2.28. The van der Waals surface area contributed by atoms with Crippen molar-refractivity contribution in [3.8, 4) is 5.75 Å². The van der Waals surface area contributed by atoms with Crippen LogP contribution in [0.1, 0.15) is 36.1 Å². The van der Waals surface area contributed by atoms with E-state index < -0.39 is 6.03 Å². The molecule has 4 rings (SSSR count). The summed E-state index contributed by atoms with van der Waals surface area (Å²) in [6.07, 6.45) is 3.18. The van der Waals surface area contributed by atoms with Crippen LogP contribution in [-0.2, 0) is 0 Å². The number of carbonyl (C=O) groups excluding carboxylic acids is 1. The number of ether oxygens (including phenoxy) is 1. The minimum atomic E-state index is -0.521. The highest BCUT2D eigenvalue weighted by molar-refractivity contribution is 6.29. The van der Waals surface area contributed by atoms with Crippen LogP contribution in [0.15, 0.2) is 42.6 Å². The molecule has 0 unspecified atom stereocenters. The summed E-state index contributed by atoms with van der Waals surface area (Å²) in [5.74, 6) is 0.681. The van der Waals surface area contributed by atoms with E-state index in [1.807, 2.05) is 36.4 Å². The van der Waals surface area contributed by atoms with E-state index in [-0.39, 0.29) is 12.1 Å². The van der Waals surface area contributed by atoms with Crippen molar-refractivity contribution in [3.05, 3.63) is 53.7 Å². The van der Waals surface area contributed by atoms with Crippen molar-refractivity contribution in [1.82, 2.24) is 19.9 Å². The first-order valence-electron chi connectivity index (χ1n) is 8.03. The van der Waals surface area contributed by atoms with Gasteiger partial charge in [-0.3, -0.25) is 4.40 Å². The molecule has 2 aromatic heterocycles. The Balaban J connectivity index is 1.63. The monoisotopic (exact) mass is 333 g/mol. The molecule has 1 aliphatic carbocycles. The largest absolute Gasteiger partial charge is 0.484 e. The fraction of sp³-hybridized carbons (Fsp3) is 0.235. The summed E-state index contributed by atoms with van der Waals surface area (Å²) in [5.41, 5.74) is 8.34. The van der Waals surface area contributed by atoms with E-state index in [2.05, 4.69) is 15.5 Å². The first-order chi connectivity index (χ1) is 12.1. The molecule has 2 heterocycles. The lowest BCUT2D eigenvalue weighted by atomic mass is 9.85. The molecular formula is C17H16BN5O2. The summed E-state index contributed by atoms with van der Waals surface area (Å²) in [4.78, 5) is 11.2. The molecule has 2 atom stereocenters. The van der Waals surface area contributed by atoms with Gasteiger partial charge in [-0.05, 0) is 36.1 Å². The number of carbonyl (C=O) groups is 1. The number of hydrogen-bond acceptors (Lipinski definition) is 4. The normalized spacial score (nSPS) is 19.4. The molecule has 0 bridgehead atoms. The standard InChI is InChI=1S/C17H16BN5O2/c18-16-22-21-15-8-5-10(9-23(15)16)25-14-7-6-13(20-17(19)24)11-3-1-2-4-12(11)14/h1-5,8-9,13-14H,6-7H2,(H3,19,20,24)/t13-,14+/m0/s1. The van der Waals surface area contributed by atoms with E-state index in [9.17, 15) is 4.79 Å². The van der Waals surface area contributed by atoms with E-state index in [4.69, 9.17) is 18.3 Å².